The lowest BCUT2D eigenvalue weighted by atomic mass is 10.3. The van der Waals surface area contributed by atoms with Gasteiger partial charge in [0, 0.05) is 6.21 Å². The van der Waals surface area contributed by atoms with Crippen LogP contribution in [0.15, 0.2) is 57.2 Å². The van der Waals surface area contributed by atoms with Crippen molar-refractivity contribution in [1.82, 2.24) is 0 Å². The average molecular weight is 295 g/mol. The summed E-state index contributed by atoms with van der Waals surface area (Å²) in [4.78, 5) is 0.157. The third kappa shape index (κ3) is 3.71. The first kappa shape index (κ1) is 13.9. The molecule has 0 aromatic heterocycles. The highest BCUT2D eigenvalue weighted by Gasteiger charge is 2.12. The molecule has 0 bridgehead atoms. The second-order valence-electron chi connectivity index (χ2n) is 3.72. The molecule has 1 atom stereocenters. The van der Waals surface area contributed by atoms with E-state index in [4.69, 9.17) is 4.74 Å². The summed E-state index contributed by atoms with van der Waals surface area (Å²) in [5.41, 5.74) is 0. The Morgan fingerprint density at radius 1 is 1.26 bits per heavy atom. The molecule has 1 aromatic rings. The Bertz CT molecular complexity index is 616. The van der Waals surface area contributed by atoms with Crippen molar-refractivity contribution in [3.63, 3.8) is 0 Å². The predicted octanol–water partition coefficient (Wildman–Crippen LogP) is 2.64. The molecule has 2 rings (SSSR count). The Kier molecular flexibility index (Phi) is 4.44. The lowest BCUT2D eigenvalue weighted by Gasteiger charge is -2.06. The van der Waals surface area contributed by atoms with Gasteiger partial charge in [-0.1, -0.05) is 18.2 Å². The Hall–Kier alpha value is -1.53. The zero-order valence-electron chi connectivity index (χ0n) is 10.3. The summed E-state index contributed by atoms with van der Waals surface area (Å²) in [5, 5.41) is 1.86. The van der Waals surface area contributed by atoms with E-state index in [1.807, 2.05) is 23.6 Å². The molecule has 0 N–H and O–H groups in total. The van der Waals surface area contributed by atoms with E-state index in [1.165, 1.54) is 37.2 Å². The Labute approximate surface area is 116 Å². The first-order chi connectivity index (χ1) is 9.12. The number of methoxy groups -OCH3 is 1. The van der Waals surface area contributed by atoms with Crippen LogP contribution in [0.4, 0.5) is 0 Å². The van der Waals surface area contributed by atoms with Crippen molar-refractivity contribution < 1.29 is 13.2 Å². The lowest BCUT2D eigenvalue weighted by Crippen LogP contribution is -2.04. The Morgan fingerprint density at radius 2 is 2.00 bits per heavy atom. The largest absolute Gasteiger partial charge is 0.497 e. The molecule has 1 aromatic carbocycles. The van der Waals surface area contributed by atoms with Gasteiger partial charge in [-0.15, -0.1) is 11.8 Å². The van der Waals surface area contributed by atoms with Crippen molar-refractivity contribution in [2.45, 2.75) is 10.1 Å². The minimum absolute atomic E-state index is 0.0435. The molecule has 0 saturated carbocycles. The summed E-state index contributed by atoms with van der Waals surface area (Å²) in [6.07, 6.45) is 7.09. The van der Waals surface area contributed by atoms with Crippen molar-refractivity contribution in [2.75, 3.05) is 7.11 Å². The van der Waals surface area contributed by atoms with Gasteiger partial charge in [0.05, 0.1) is 17.3 Å². The lowest BCUT2D eigenvalue weighted by molar-refractivity contribution is 0.414. The first-order valence-electron chi connectivity index (χ1n) is 5.55. The molecule has 19 heavy (non-hydrogen) atoms. The van der Waals surface area contributed by atoms with E-state index in [-0.39, 0.29) is 10.1 Å². The monoisotopic (exact) mass is 295 g/mol. The molecule has 4 nitrogen and oxygen atoms in total. The minimum Gasteiger partial charge on any atom is -0.497 e. The highest BCUT2D eigenvalue weighted by molar-refractivity contribution is 8.03. The standard InChI is InChI=1S/C13H13NO3S2/c1-17-11-5-7-13(8-6-11)19(15,16)14-10-12-4-2-3-9-18-12/h2-10,12H,1H3/b14-10+. The molecule has 0 spiro atoms. The zero-order valence-corrected chi connectivity index (χ0v) is 11.9. The Balaban J connectivity index is 2.15. The summed E-state index contributed by atoms with van der Waals surface area (Å²) in [6.45, 7) is 0. The fourth-order valence-corrected chi connectivity index (χ4v) is 3.08. The van der Waals surface area contributed by atoms with Gasteiger partial charge in [0.2, 0.25) is 0 Å². The quantitative estimate of drug-likeness (QED) is 0.801. The van der Waals surface area contributed by atoms with Crippen LogP contribution in [0.5, 0.6) is 5.75 Å². The molecule has 0 aliphatic carbocycles. The normalized spacial score (nSPS) is 18.9. The maximum atomic E-state index is 12.0. The fourth-order valence-electron chi connectivity index (χ4n) is 1.43. The van der Waals surface area contributed by atoms with Crippen molar-refractivity contribution in [3.8, 4) is 5.75 Å². The molecule has 0 saturated heterocycles. The van der Waals surface area contributed by atoms with Gasteiger partial charge in [0.25, 0.3) is 10.0 Å². The number of allylic oxidation sites excluding steroid dienone is 2. The topological polar surface area (TPSA) is 55.7 Å². The van der Waals surface area contributed by atoms with Crippen LogP contribution in [0.3, 0.4) is 0 Å². The van der Waals surface area contributed by atoms with Crippen LogP contribution in [0.1, 0.15) is 0 Å². The van der Waals surface area contributed by atoms with Gasteiger partial charge < -0.3 is 4.74 Å². The number of benzene rings is 1. The second kappa shape index (κ2) is 6.08. The van der Waals surface area contributed by atoms with Gasteiger partial charge in [0.15, 0.2) is 0 Å². The maximum absolute atomic E-state index is 12.0. The first-order valence-corrected chi connectivity index (χ1v) is 7.93. The Morgan fingerprint density at radius 3 is 2.58 bits per heavy atom. The maximum Gasteiger partial charge on any atom is 0.282 e. The van der Waals surface area contributed by atoms with E-state index < -0.39 is 10.0 Å². The molecule has 1 aliphatic rings. The summed E-state index contributed by atoms with van der Waals surface area (Å²) < 4.78 is 32.7. The second-order valence-corrected chi connectivity index (χ2v) is 6.44. The van der Waals surface area contributed by atoms with Crippen LogP contribution >= 0.6 is 11.8 Å². The zero-order chi connectivity index (χ0) is 13.7. The summed E-state index contributed by atoms with van der Waals surface area (Å²) >= 11 is 1.50. The summed E-state index contributed by atoms with van der Waals surface area (Å²) in [7, 11) is -2.11. The van der Waals surface area contributed by atoms with E-state index in [1.54, 1.807) is 12.1 Å². The van der Waals surface area contributed by atoms with Gasteiger partial charge >= 0.3 is 0 Å². The molecular formula is C13H13NO3S2. The third-order valence-corrected chi connectivity index (χ3v) is 4.60. The minimum atomic E-state index is -3.64. The van der Waals surface area contributed by atoms with E-state index in [0.29, 0.717) is 5.75 Å². The number of rotatable bonds is 4. The SMILES string of the molecule is COc1ccc(S(=O)(=O)/N=C/C2C=CC=CS2)cc1. The van der Waals surface area contributed by atoms with E-state index >= 15 is 0 Å². The molecule has 100 valence electrons. The number of nitrogens with zero attached hydrogens (tertiary/aromatic N) is 1. The smallest absolute Gasteiger partial charge is 0.282 e. The number of ether oxygens (including phenoxy) is 1. The number of thioether (sulfide) groups is 1. The van der Waals surface area contributed by atoms with Gasteiger partial charge in [-0.2, -0.15) is 12.8 Å². The molecule has 1 aliphatic heterocycles. The van der Waals surface area contributed by atoms with E-state index in [2.05, 4.69) is 4.40 Å². The average Bonchev–Trinajstić information content (AvgIpc) is 2.46. The number of hydrogen-bond donors (Lipinski definition) is 0. The molecule has 0 fully saturated rings. The van der Waals surface area contributed by atoms with Gasteiger partial charge in [-0.05, 0) is 29.7 Å². The fraction of sp³-hybridized carbons (Fsp3) is 0.154. The highest BCUT2D eigenvalue weighted by Crippen LogP contribution is 2.19. The van der Waals surface area contributed by atoms with E-state index in [0.717, 1.165) is 0 Å². The number of hydrogen-bond acceptors (Lipinski definition) is 4. The molecule has 0 amide bonds. The molecular weight excluding hydrogens is 282 g/mol. The molecule has 6 heteroatoms. The van der Waals surface area contributed by atoms with Gasteiger partial charge in [-0.3, -0.25) is 0 Å². The summed E-state index contributed by atoms with van der Waals surface area (Å²) in [5.74, 6) is 0.610. The van der Waals surface area contributed by atoms with Gasteiger partial charge in [-0.25, -0.2) is 0 Å². The molecule has 1 unspecified atom stereocenters. The van der Waals surface area contributed by atoms with Crippen molar-refractivity contribution in [2.24, 2.45) is 4.40 Å². The van der Waals surface area contributed by atoms with Crippen LogP contribution in [-0.2, 0) is 10.0 Å². The summed E-state index contributed by atoms with van der Waals surface area (Å²) in [6, 6.07) is 6.16. The molecule has 0 radical (unpaired) electrons. The van der Waals surface area contributed by atoms with Crippen molar-refractivity contribution in [1.29, 1.82) is 0 Å². The molecule has 1 heterocycles. The van der Waals surface area contributed by atoms with Crippen LogP contribution in [0.25, 0.3) is 0 Å². The van der Waals surface area contributed by atoms with Gasteiger partial charge in [0.1, 0.15) is 5.75 Å². The van der Waals surface area contributed by atoms with Crippen molar-refractivity contribution in [3.05, 3.63) is 47.9 Å². The highest BCUT2D eigenvalue weighted by atomic mass is 32.2. The van der Waals surface area contributed by atoms with Crippen LogP contribution in [0, 0.1) is 0 Å². The van der Waals surface area contributed by atoms with Crippen LogP contribution in [-0.4, -0.2) is 27.0 Å². The van der Waals surface area contributed by atoms with E-state index in [9.17, 15) is 8.42 Å². The predicted molar refractivity (Wildman–Crippen MR) is 78.3 cm³/mol. The third-order valence-electron chi connectivity index (χ3n) is 2.43. The van der Waals surface area contributed by atoms with Crippen LogP contribution in [0.2, 0.25) is 0 Å². The van der Waals surface area contributed by atoms with Crippen molar-refractivity contribution >= 4 is 28.0 Å². The number of sulfonamides is 1. The van der Waals surface area contributed by atoms with Crippen LogP contribution < -0.4 is 4.74 Å².